The van der Waals surface area contributed by atoms with Crippen LogP contribution in [0.5, 0.6) is 0 Å². The second-order valence-electron chi connectivity index (χ2n) is 5.23. The van der Waals surface area contributed by atoms with E-state index in [1.54, 1.807) is 0 Å². The van der Waals surface area contributed by atoms with E-state index in [2.05, 4.69) is 29.4 Å². The number of aryl methyl sites for hydroxylation is 1. The Labute approximate surface area is 102 Å². The Morgan fingerprint density at radius 1 is 1.38 bits per heavy atom. The number of rotatable bonds is 1. The Kier molecular flexibility index (Phi) is 2.97. The molecule has 0 spiro atoms. The minimum atomic E-state index is 0.683. The van der Waals surface area contributed by atoms with E-state index in [1.807, 2.05) is 0 Å². The van der Waals surface area contributed by atoms with Crippen molar-refractivity contribution in [2.24, 2.45) is 5.92 Å². The van der Waals surface area contributed by atoms with Gasteiger partial charge in [0.1, 0.15) is 5.82 Å². The Balaban J connectivity index is 1.80. The maximum Gasteiger partial charge on any atom is 0.109 e. The van der Waals surface area contributed by atoms with E-state index in [0.29, 0.717) is 5.25 Å². The summed E-state index contributed by atoms with van der Waals surface area (Å²) in [5, 5.41) is 0.683. The predicted octanol–water partition coefficient (Wildman–Crippen LogP) is 3.42. The molecule has 0 amide bonds. The van der Waals surface area contributed by atoms with Crippen LogP contribution in [0.1, 0.15) is 49.4 Å². The lowest BCUT2D eigenvalue weighted by atomic mass is 10.0. The topological polar surface area (TPSA) is 17.8 Å². The van der Waals surface area contributed by atoms with E-state index in [-0.39, 0.29) is 0 Å². The van der Waals surface area contributed by atoms with Crippen LogP contribution in [0.15, 0.2) is 6.20 Å². The van der Waals surface area contributed by atoms with Gasteiger partial charge in [-0.25, -0.2) is 4.98 Å². The Hall–Kier alpha value is -0.440. The average molecular weight is 236 g/mol. The van der Waals surface area contributed by atoms with E-state index < -0.39 is 0 Å². The largest absolute Gasteiger partial charge is 0.335 e. The molecule has 1 fully saturated rings. The lowest BCUT2D eigenvalue weighted by Gasteiger charge is -2.19. The molecule has 88 valence electrons. The van der Waals surface area contributed by atoms with E-state index in [0.717, 1.165) is 5.92 Å². The summed E-state index contributed by atoms with van der Waals surface area (Å²) in [5.74, 6) is 3.48. The summed E-state index contributed by atoms with van der Waals surface area (Å²) in [7, 11) is 0. The third-order valence-corrected chi connectivity index (χ3v) is 5.19. The van der Waals surface area contributed by atoms with Crippen molar-refractivity contribution in [2.75, 3.05) is 5.75 Å². The molecule has 0 aliphatic carbocycles. The van der Waals surface area contributed by atoms with Crippen LogP contribution in [-0.4, -0.2) is 15.3 Å². The lowest BCUT2D eigenvalue weighted by Crippen LogP contribution is -2.16. The maximum absolute atomic E-state index is 4.87. The van der Waals surface area contributed by atoms with Crippen LogP contribution in [0.4, 0.5) is 0 Å². The smallest absolute Gasteiger partial charge is 0.109 e. The SMILES string of the molecule is CC1CCn2cc(C3CCCCS3)nc2C1. The molecule has 16 heavy (non-hydrogen) atoms. The van der Waals surface area contributed by atoms with Gasteiger partial charge in [0, 0.05) is 24.4 Å². The van der Waals surface area contributed by atoms with Crippen molar-refractivity contribution in [2.45, 2.75) is 50.8 Å². The summed E-state index contributed by atoms with van der Waals surface area (Å²) in [6, 6.07) is 0. The summed E-state index contributed by atoms with van der Waals surface area (Å²) in [6.07, 6.45) is 8.93. The van der Waals surface area contributed by atoms with Crippen molar-refractivity contribution in [3.63, 3.8) is 0 Å². The molecule has 0 radical (unpaired) electrons. The van der Waals surface area contributed by atoms with Crippen molar-refractivity contribution in [3.05, 3.63) is 17.7 Å². The van der Waals surface area contributed by atoms with Gasteiger partial charge in [-0.15, -0.1) is 0 Å². The van der Waals surface area contributed by atoms with Crippen molar-refractivity contribution >= 4 is 11.8 Å². The molecule has 2 aliphatic rings. The van der Waals surface area contributed by atoms with Crippen molar-refractivity contribution in [1.29, 1.82) is 0 Å². The van der Waals surface area contributed by atoms with Gasteiger partial charge in [0.25, 0.3) is 0 Å². The number of nitrogens with zero attached hydrogens (tertiary/aromatic N) is 2. The quantitative estimate of drug-likeness (QED) is 0.743. The first-order valence-corrected chi connectivity index (χ1v) is 7.55. The van der Waals surface area contributed by atoms with Crippen molar-refractivity contribution < 1.29 is 0 Å². The van der Waals surface area contributed by atoms with Crippen LogP contribution in [-0.2, 0) is 13.0 Å². The van der Waals surface area contributed by atoms with Crippen LogP contribution in [0.3, 0.4) is 0 Å². The summed E-state index contributed by atoms with van der Waals surface area (Å²) < 4.78 is 2.39. The van der Waals surface area contributed by atoms with Crippen LogP contribution in [0.2, 0.25) is 0 Å². The predicted molar refractivity (Wildman–Crippen MR) is 68.8 cm³/mol. The molecule has 0 aromatic carbocycles. The van der Waals surface area contributed by atoms with Gasteiger partial charge in [-0.2, -0.15) is 11.8 Å². The van der Waals surface area contributed by atoms with Gasteiger partial charge >= 0.3 is 0 Å². The lowest BCUT2D eigenvalue weighted by molar-refractivity contribution is 0.409. The Bertz CT molecular complexity index is 366. The molecule has 1 aromatic heterocycles. The summed E-state index contributed by atoms with van der Waals surface area (Å²) >= 11 is 2.10. The minimum Gasteiger partial charge on any atom is -0.335 e. The molecule has 0 N–H and O–H groups in total. The first-order chi connectivity index (χ1) is 7.83. The molecule has 3 heterocycles. The molecule has 1 saturated heterocycles. The molecule has 2 nitrogen and oxygen atoms in total. The van der Waals surface area contributed by atoms with Gasteiger partial charge in [-0.05, 0) is 30.9 Å². The third kappa shape index (κ3) is 2.02. The Morgan fingerprint density at radius 3 is 3.12 bits per heavy atom. The maximum atomic E-state index is 4.87. The fraction of sp³-hybridized carbons (Fsp3) is 0.769. The van der Waals surface area contributed by atoms with Gasteiger partial charge in [-0.1, -0.05) is 13.3 Å². The van der Waals surface area contributed by atoms with Crippen LogP contribution in [0, 0.1) is 5.92 Å². The van der Waals surface area contributed by atoms with Gasteiger partial charge in [0.2, 0.25) is 0 Å². The number of imidazole rings is 1. The molecule has 2 aliphatic heterocycles. The molecule has 3 rings (SSSR count). The fourth-order valence-corrected chi connectivity index (χ4v) is 4.01. The number of hydrogen-bond donors (Lipinski definition) is 0. The molecule has 1 aromatic rings. The Morgan fingerprint density at radius 2 is 2.31 bits per heavy atom. The fourth-order valence-electron chi connectivity index (χ4n) is 2.74. The molecule has 2 atom stereocenters. The van der Waals surface area contributed by atoms with Gasteiger partial charge in [0.05, 0.1) is 5.69 Å². The summed E-state index contributed by atoms with van der Waals surface area (Å²) in [6.45, 7) is 3.52. The highest BCUT2D eigenvalue weighted by atomic mass is 32.2. The highest BCUT2D eigenvalue weighted by Gasteiger charge is 2.23. The zero-order valence-electron chi connectivity index (χ0n) is 9.98. The van der Waals surface area contributed by atoms with Crippen LogP contribution >= 0.6 is 11.8 Å². The standard InChI is InChI=1S/C13H20N2S/c1-10-5-6-15-9-11(14-13(15)8-10)12-4-2-3-7-16-12/h9-10,12H,2-8H2,1H3. The molecular weight excluding hydrogens is 216 g/mol. The summed E-state index contributed by atoms with van der Waals surface area (Å²) in [5.41, 5.74) is 1.36. The van der Waals surface area contributed by atoms with E-state index in [4.69, 9.17) is 4.98 Å². The second-order valence-corrected chi connectivity index (χ2v) is 6.54. The second kappa shape index (κ2) is 4.44. The average Bonchev–Trinajstić information content (AvgIpc) is 2.73. The van der Waals surface area contributed by atoms with Crippen molar-refractivity contribution in [3.8, 4) is 0 Å². The van der Waals surface area contributed by atoms with E-state index in [1.165, 1.54) is 55.9 Å². The minimum absolute atomic E-state index is 0.683. The summed E-state index contributed by atoms with van der Waals surface area (Å²) in [4.78, 5) is 4.87. The zero-order valence-corrected chi connectivity index (χ0v) is 10.8. The molecule has 2 unspecified atom stereocenters. The van der Waals surface area contributed by atoms with Crippen LogP contribution < -0.4 is 0 Å². The van der Waals surface area contributed by atoms with Crippen molar-refractivity contribution in [1.82, 2.24) is 9.55 Å². The van der Waals surface area contributed by atoms with Gasteiger partial charge in [0.15, 0.2) is 0 Å². The monoisotopic (exact) mass is 236 g/mol. The first kappa shape index (κ1) is 10.7. The molecule has 0 bridgehead atoms. The van der Waals surface area contributed by atoms with E-state index in [9.17, 15) is 0 Å². The number of fused-ring (bicyclic) bond motifs is 1. The first-order valence-electron chi connectivity index (χ1n) is 6.50. The highest BCUT2D eigenvalue weighted by molar-refractivity contribution is 7.99. The normalized spacial score (nSPS) is 30.1. The molecule has 0 saturated carbocycles. The van der Waals surface area contributed by atoms with Crippen LogP contribution in [0.25, 0.3) is 0 Å². The van der Waals surface area contributed by atoms with Gasteiger partial charge in [-0.3, -0.25) is 0 Å². The zero-order chi connectivity index (χ0) is 11.0. The number of aromatic nitrogens is 2. The highest BCUT2D eigenvalue weighted by Crippen LogP contribution is 2.38. The molecule has 3 heteroatoms. The molecular formula is C13H20N2S. The number of thioether (sulfide) groups is 1. The number of hydrogen-bond acceptors (Lipinski definition) is 2. The van der Waals surface area contributed by atoms with Gasteiger partial charge < -0.3 is 4.57 Å². The van der Waals surface area contributed by atoms with E-state index >= 15 is 0 Å². The third-order valence-electron chi connectivity index (χ3n) is 3.78.